The molecule has 35 heavy (non-hydrogen) atoms. The second-order valence-corrected chi connectivity index (χ2v) is 10.1. The Bertz CT molecular complexity index is 527. The van der Waals surface area contributed by atoms with Crippen LogP contribution in [0.3, 0.4) is 0 Å². The maximum Gasteiger partial charge on any atom is 0.119 e. The molecule has 0 N–H and O–H groups in total. The normalized spacial score (nSPS) is 11.9. The molecule has 2 unspecified atom stereocenters. The van der Waals surface area contributed by atoms with Gasteiger partial charge in [0.05, 0.1) is 18.8 Å². The summed E-state index contributed by atoms with van der Waals surface area (Å²) in [6, 6.07) is 0. The first-order valence-electron chi connectivity index (χ1n) is 13.3. The van der Waals surface area contributed by atoms with Crippen molar-refractivity contribution in [2.75, 3.05) is 23.9 Å². The van der Waals surface area contributed by atoms with E-state index in [0.29, 0.717) is 32.3 Å². The quantitative estimate of drug-likeness (QED) is 0.0474. The van der Waals surface area contributed by atoms with E-state index in [1.807, 2.05) is 0 Å². The summed E-state index contributed by atoms with van der Waals surface area (Å²) in [5, 5.41) is 2.19. The Morgan fingerprint density at radius 1 is 0.657 bits per heavy atom. The van der Waals surface area contributed by atoms with Crippen LogP contribution >= 0.6 is 31.9 Å². The van der Waals surface area contributed by atoms with Crippen molar-refractivity contribution in [3.63, 3.8) is 0 Å². The summed E-state index contributed by atoms with van der Waals surface area (Å²) in [6.45, 7) is 1.42. The number of carbonyl (C=O) groups excluding carboxylic acids is 1. The molecule has 0 aromatic carbocycles. The Morgan fingerprint density at radius 2 is 1.17 bits per heavy atom. The predicted molar refractivity (Wildman–Crippen MR) is 158 cm³/mol. The second-order valence-electron chi connectivity index (χ2n) is 8.56. The molecule has 200 valence electrons. The predicted octanol–water partition coefficient (Wildman–Crippen LogP) is 8.26. The molecule has 0 aliphatic rings. The van der Waals surface area contributed by atoms with Crippen LogP contribution in [0.2, 0.25) is 0 Å². The van der Waals surface area contributed by atoms with Gasteiger partial charge >= 0.3 is 0 Å². The van der Waals surface area contributed by atoms with Gasteiger partial charge in [0, 0.05) is 43.0 Å². The van der Waals surface area contributed by atoms with E-state index in [1.165, 1.54) is 51.4 Å². The average molecular weight is 617 g/mol. The van der Waals surface area contributed by atoms with Gasteiger partial charge in [0.2, 0.25) is 0 Å². The number of ether oxygens (including phenoxy) is 2. The van der Waals surface area contributed by atoms with Crippen LogP contribution in [-0.2, 0) is 14.3 Å². The molecule has 5 heteroatoms. The van der Waals surface area contributed by atoms with Gasteiger partial charge in [-0.25, -0.2) is 0 Å². The van der Waals surface area contributed by atoms with Crippen LogP contribution < -0.4 is 0 Å². The topological polar surface area (TPSA) is 35.5 Å². The van der Waals surface area contributed by atoms with Crippen molar-refractivity contribution in [2.24, 2.45) is 0 Å². The zero-order valence-electron chi connectivity index (χ0n) is 21.8. The maximum absolute atomic E-state index is 9.93. The lowest BCUT2D eigenvalue weighted by atomic mass is 10.0. The van der Waals surface area contributed by atoms with Gasteiger partial charge in [-0.05, 0) is 38.5 Å². The summed E-state index contributed by atoms with van der Waals surface area (Å²) in [5.41, 5.74) is 0. The molecule has 0 aromatic heterocycles. The molecule has 0 radical (unpaired) electrons. The maximum atomic E-state index is 9.93. The van der Waals surface area contributed by atoms with Crippen LogP contribution in [0, 0.1) is 37.0 Å². The average Bonchev–Trinajstić information content (AvgIpc) is 2.86. The number of alkyl halides is 2. The van der Waals surface area contributed by atoms with Crippen molar-refractivity contribution in [2.45, 2.75) is 121 Å². The Hall–Kier alpha value is -0.770. The van der Waals surface area contributed by atoms with Gasteiger partial charge in [0.25, 0.3) is 0 Å². The highest BCUT2D eigenvalue weighted by atomic mass is 79.9. The van der Waals surface area contributed by atoms with Gasteiger partial charge in [-0.15, -0.1) is 37.0 Å². The Balaban J connectivity index is 0. The van der Waals surface area contributed by atoms with Crippen LogP contribution in [0.5, 0.6) is 0 Å². The third-order valence-electron chi connectivity index (χ3n) is 5.40. The third kappa shape index (κ3) is 31.2. The van der Waals surface area contributed by atoms with E-state index in [0.717, 1.165) is 55.7 Å². The van der Waals surface area contributed by atoms with Gasteiger partial charge in [-0.2, -0.15) is 0 Å². The van der Waals surface area contributed by atoms with E-state index in [2.05, 4.69) is 49.6 Å². The van der Waals surface area contributed by atoms with Crippen molar-refractivity contribution in [3.05, 3.63) is 0 Å². The number of rotatable bonds is 24. The summed E-state index contributed by atoms with van der Waals surface area (Å²) < 4.78 is 11.5. The lowest BCUT2D eigenvalue weighted by Crippen LogP contribution is -2.22. The molecular weight excluding hydrogens is 568 g/mol. The highest BCUT2D eigenvalue weighted by Crippen LogP contribution is 2.18. The lowest BCUT2D eigenvalue weighted by molar-refractivity contribution is -0.107. The first-order chi connectivity index (χ1) is 17.2. The van der Waals surface area contributed by atoms with Crippen LogP contribution in [0.4, 0.5) is 0 Å². The smallest absolute Gasteiger partial charge is 0.119 e. The lowest BCUT2D eigenvalue weighted by Gasteiger charge is -2.23. The molecule has 2 atom stereocenters. The second kappa shape index (κ2) is 33.2. The number of carbonyl (C=O) groups is 1. The minimum Gasteiger partial charge on any atom is -0.380 e. The largest absolute Gasteiger partial charge is 0.380 e. The zero-order chi connectivity index (χ0) is 26.2. The highest BCUT2D eigenvalue weighted by Gasteiger charge is 2.15. The summed E-state index contributed by atoms with van der Waals surface area (Å²) in [4.78, 5) is 9.93. The van der Waals surface area contributed by atoms with Gasteiger partial charge in [-0.3, -0.25) is 0 Å². The molecule has 0 aliphatic heterocycles. The van der Waals surface area contributed by atoms with Crippen molar-refractivity contribution >= 4 is 38.1 Å². The summed E-state index contributed by atoms with van der Waals surface area (Å²) in [6.07, 6.45) is 35.2. The molecule has 0 aromatic rings. The first kappa shape index (κ1) is 36.4. The molecule has 0 rings (SSSR count). The fraction of sp³-hybridized carbons (Fsp3) is 0.767. The minimum absolute atomic E-state index is 0.171. The Morgan fingerprint density at radius 3 is 1.63 bits per heavy atom. The van der Waals surface area contributed by atoms with Crippen LogP contribution in [-0.4, -0.2) is 42.4 Å². The molecule has 0 saturated carbocycles. The van der Waals surface area contributed by atoms with E-state index in [9.17, 15) is 4.79 Å². The number of aldehydes is 1. The molecule has 0 aliphatic carbocycles. The molecule has 0 heterocycles. The van der Waals surface area contributed by atoms with Crippen molar-refractivity contribution < 1.29 is 14.3 Å². The molecule has 0 amide bonds. The van der Waals surface area contributed by atoms with Crippen LogP contribution in [0.25, 0.3) is 0 Å². The van der Waals surface area contributed by atoms with Crippen LogP contribution in [0.1, 0.15) is 109 Å². The Kier molecular flexibility index (Phi) is 34.5. The van der Waals surface area contributed by atoms with E-state index in [1.54, 1.807) is 0 Å². The van der Waals surface area contributed by atoms with Gasteiger partial charge in [0.1, 0.15) is 6.29 Å². The van der Waals surface area contributed by atoms with E-state index in [4.69, 9.17) is 28.7 Å². The number of terminal acetylenes is 3. The summed E-state index contributed by atoms with van der Waals surface area (Å²) in [7, 11) is 0. The molecule has 0 bridgehead atoms. The number of halogens is 2. The zero-order valence-corrected chi connectivity index (χ0v) is 25.0. The number of hydrogen-bond donors (Lipinski definition) is 0. The number of hydrogen-bond acceptors (Lipinski definition) is 3. The van der Waals surface area contributed by atoms with Crippen LogP contribution in [0.15, 0.2) is 0 Å². The standard InChI is InChI=1S/C20H32Br2O.C10H16O2/c1-3-13-19(15-9-5-7-11-17-21)23-20(14-4-2)16-10-6-8-12-18-22;1-2-3-9-12-10-7-5-4-6-8-11/h1-2,19-20H,5-18H2;1,8H,3-7,9-10H2. The van der Waals surface area contributed by atoms with Gasteiger partial charge in [0.15, 0.2) is 0 Å². The van der Waals surface area contributed by atoms with E-state index in [-0.39, 0.29) is 12.2 Å². The SMILES string of the molecule is C#CCC(CCCCCCBr)OC(CC#C)CCCCCCBr.C#CCCOCCCCCC=O. The van der Waals surface area contributed by atoms with Crippen molar-refractivity contribution in [1.29, 1.82) is 0 Å². The first-order valence-corrected chi connectivity index (χ1v) is 15.5. The monoisotopic (exact) mass is 614 g/mol. The highest BCUT2D eigenvalue weighted by molar-refractivity contribution is 9.09. The van der Waals surface area contributed by atoms with Crippen molar-refractivity contribution in [1.82, 2.24) is 0 Å². The van der Waals surface area contributed by atoms with Crippen molar-refractivity contribution in [3.8, 4) is 37.0 Å². The third-order valence-corrected chi connectivity index (χ3v) is 6.52. The van der Waals surface area contributed by atoms with Gasteiger partial charge < -0.3 is 14.3 Å². The van der Waals surface area contributed by atoms with Gasteiger partial charge in [-0.1, -0.05) is 76.8 Å². The molecule has 0 spiro atoms. The molecule has 0 fully saturated rings. The number of unbranched alkanes of at least 4 members (excludes halogenated alkanes) is 9. The minimum atomic E-state index is 0.171. The summed E-state index contributed by atoms with van der Waals surface area (Å²) >= 11 is 6.94. The summed E-state index contributed by atoms with van der Waals surface area (Å²) in [5.74, 6) is 8.03. The fourth-order valence-electron chi connectivity index (χ4n) is 3.45. The Labute approximate surface area is 233 Å². The molecule has 3 nitrogen and oxygen atoms in total. The van der Waals surface area contributed by atoms with E-state index >= 15 is 0 Å². The fourth-order valence-corrected chi connectivity index (χ4v) is 4.25. The van der Waals surface area contributed by atoms with E-state index < -0.39 is 0 Å². The molecular formula is C30H48Br2O3. The molecule has 0 saturated heterocycles.